The van der Waals surface area contributed by atoms with Crippen molar-refractivity contribution in [1.29, 1.82) is 5.26 Å². The van der Waals surface area contributed by atoms with Gasteiger partial charge in [0.25, 0.3) is 0 Å². The molecule has 1 rings (SSSR count). The summed E-state index contributed by atoms with van der Waals surface area (Å²) in [5.74, 6) is -0.0712. The number of hydrogen-bond acceptors (Lipinski definition) is 3. The van der Waals surface area contributed by atoms with Gasteiger partial charge in [-0.1, -0.05) is 6.92 Å². The number of nitrogens with one attached hydrogen (secondary N) is 2. The first-order valence-electron chi connectivity index (χ1n) is 5.27. The Balaban J connectivity index is 2.41. The maximum absolute atomic E-state index is 11.4. The number of carbonyl (C=O) groups is 1. The molecule has 4 heteroatoms. The molecule has 0 atom stereocenters. The van der Waals surface area contributed by atoms with Crippen molar-refractivity contribution in [2.75, 3.05) is 18.4 Å². The van der Waals surface area contributed by atoms with Gasteiger partial charge in [0, 0.05) is 5.69 Å². The van der Waals surface area contributed by atoms with E-state index in [0.717, 1.165) is 13.0 Å². The van der Waals surface area contributed by atoms with Crippen LogP contribution in [-0.4, -0.2) is 19.0 Å². The highest BCUT2D eigenvalue weighted by Crippen LogP contribution is 2.08. The molecule has 0 heterocycles. The van der Waals surface area contributed by atoms with E-state index in [2.05, 4.69) is 10.6 Å². The second-order valence-electron chi connectivity index (χ2n) is 3.41. The molecule has 0 aromatic heterocycles. The summed E-state index contributed by atoms with van der Waals surface area (Å²) in [7, 11) is 0. The van der Waals surface area contributed by atoms with E-state index in [-0.39, 0.29) is 5.91 Å². The van der Waals surface area contributed by atoms with Gasteiger partial charge in [-0.05, 0) is 37.2 Å². The SMILES string of the molecule is CCCNCC(=O)Nc1ccc(C#N)cc1. The Morgan fingerprint density at radius 3 is 2.62 bits per heavy atom. The monoisotopic (exact) mass is 217 g/mol. The highest BCUT2D eigenvalue weighted by atomic mass is 16.1. The number of nitrogens with zero attached hydrogens (tertiary/aromatic N) is 1. The lowest BCUT2D eigenvalue weighted by atomic mass is 10.2. The smallest absolute Gasteiger partial charge is 0.238 e. The molecule has 0 radical (unpaired) electrons. The number of hydrogen-bond donors (Lipinski definition) is 2. The van der Waals surface area contributed by atoms with Crippen LogP contribution >= 0.6 is 0 Å². The van der Waals surface area contributed by atoms with Crippen LogP contribution in [-0.2, 0) is 4.79 Å². The zero-order valence-corrected chi connectivity index (χ0v) is 9.29. The Morgan fingerprint density at radius 1 is 1.38 bits per heavy atom. The molecule has 0 aliphatic rings. The Bertz CT molecular complexity index is 378. The van der Waals surface area contributed by atoms with Crippen molar-refractivity contribution in [2.24, 2.45) is 0 Å². The summed E-state index contributed by atoms with van der Waals surface area (Å²) in [5.41, 5.74) is 1.30. The third kappa shape index (κ3) is 4.11. The van der Waals surface area contributed by atoms with Crippen molar-refractivity contribution in [2.45, 2.75) is 13.3 Å². The summed E-state index contributed by atoms with van der Waals surface area (Å²) < 4.78 is 0. The number of anilines is 1. The van der Waals surface area contributed by atoms with Crippen molar-refractivity contribution >= 4 is 11.6 Å². The molecule has 16 heavy (non-hydrogen) atoms. The molecule has 1 amide bonds. The van der Waals surface area contributed by atoms with Crippen molar-refractivity contribution < 1.29 is 4.79 Å². The van der Waals surface area contributed by atoms with Crippen molar-refractivity contribution in [3.8, 4) is 6.07 Å². The molecule has 0 aliphatic carbocycles. The Hall–Kier alpha value is -1.86. The van der Waals surface area contributed by atoms with Crippen LogP contribution < -0.4 is 10.6 Å². The fraction of sp³-hybridized carbons (Fsp3) is 0.333. The van der Waals surface area contributed by atoms with Gasteiger partial charge in [0.2, 0.25) is 5.91 Å². The Morgan fingerprint density at radius 2 is 2.06 bits per heavy atom. The third-order valence-corrected chi connectivity index (χ3v) is 2.01. The van der Waals surface area contributed by atoms with Gasteiger partial charge >= 0.3 is 0 Å². The Kier molecular flexibility index (Phi) is 5.03. The van der Waals surface area contributed by atoms with Gasteiger partial charge in [-0.25, -0.2) is 0 Å². The summed E-state index contributed by atoms with van der Waals surface area (Å²) in [4.78, 5) is 11.4. The van der Waals surface area contributed by atoms with E-state index in [1.165, 1.54) is 0 Å². The van der Waals surface area contributed by atoms with Gasteiger partial charge in [-0.2, -0.15) is 5.26 Å². The summed E-state index contributed by atoms with van der Waals surface area (Å²) in [5, 5.41) is 14.4. The predicted octanol–water partition coefficient (Wildman–Crippen LogP) is 1.50. The first-order chi connectivity index (χ1) is 7.76. The van der Waals surface area contributed by atoms with Crippen LogP contribution in [0.5, 0.6) is 0 Å². The zero-order chi connectivity index (χ0) is 11.8. The lowest BCUT2D eigenvalue weighted by Crippen LogP contribution is -2.28. The van der Waals surface area contributed by atoms with E-state index in [9.17, 15) is 4.79 Å². The number of amides is 1. The van der Waals surface area contributed by atoms with E-state index in [1.807, 2.05) is 13.0 Å². The highest BCUT2D eigenvalue weighted by Gasteiger charge is 2.00. The predicted molar refractivity (Wildman–Crippen MR) is 62.9 cm³/mol. The molecule has 84 valence electrons. The van der Waals surface area contributed by atoms with Gasteiger partial charge in [-0.15, -0.1) is 0 Å². The number of nitriles is 1. The van der Waals surface area contributed by atoms with Crippen LogP contribution in [0, 0.1) is 11.3 Å². The first kappa shape index (κ1) is 12.2. The summed E-state index contributed by atoms with van der Waals surface area (Å²) in [6, 6.07) is 8.81. The normalized spacial score (nSPS) is 9.50. The van der Waals surface area contributed by atoms with Gasteiger partial charge in [0.15, 0.2) is 0 Å². The molecule has 0 unspecified atom stereocenters. The second kappa shape index (κ2) is 6.59. The van der Waals surface area contributed by atoms with Crippen molar-refractivity contribution in [3.63, 3.8) is 0 Å². The van der Waals surface area contributed by atoms with Crippen LogP contribution in [0.15, 0.2) is 24.3 Å². The quantitative estimate of drug-likeness (QED) is 0.734. The van der Waals surface area contributed by atoms with Crippen molar-refractivity contribution in [3.05, 3.63) is 29.8 Å². The van der Waals surface area contributed by atoms with Crippen molar-refractivity contribution in [1.82, 2.24) is 5.32 Å². The van der Waals surface area contributed by atoms with Gasteiger partial charge in [0.1, 0.15) is 0 Å². The van der Waals surface area contributed by atoms with Gasteiger partial charge in [0.05, 0.1) is 18.2 Å². The molecule has 0 spiro atoms. The third-order valence-electron chi connectivity index (χ3n) is 2.01. The minimum absolute atomic E-state index is 0.0712. The van der Waals surface area contributed by atoms with Crippen LogP contribution in [0.4, 0.5) is 5.69 Å². The largest absolute Gasteiger partial charge is 0.325 e. The summed E-state index contributed by atoms with van der Waals surface area (Å²) >= 11 is 0. The maximum Gasteiger partial charge on any atom is 0.238 e. The van der Waals surface area contributed by atoms with Crippen LogP contribution in [0.2, 0.25) is 0 Å². The van der Waals surface area contributed by atoms with E-state index in [1.54, 1.807) is 24.3 Å². The first-order valence-corrected chi connectivity index (χ1v) is 5.27. The average molecular weight is 217 g/mol. The van der Waals surface area contributed by atoms with E-state index < -0.39 is 0 Å². The number of carbonyl (C=O) groups excluding carboxylic acids is 1. The molecule has 4 nitrogen and oxygen atoms in total. The standard InChI is InChI=1S/C12H15N3O/c1-2-7-14-9-12(16)15-11-5-3-10(8-13)4-6-11/h3-6,14H,2,7,9H2,1H3,(H,15,16). The molecule has 0 fully saturated rings. The summed E-state index contributed by atoms with van der Waals surface area (Å²) in [6.07, 6.45) is 1.00. The molecule has 0 saturated carbocycles. The molecule has 0 bridgehead atoms. The molecular weight excluding hydrogens is 202 g/mol. The van der Waals surface area contributed by atoms with E-state index in [0.29, 0.717) is 17.8 Å². The zero-order valence-electron chi connectivity index (χ0n) is 9.29. The van der Waals surface area contributed by atoms with Crippen LogP contribution in [0.3, 0.4) is 0 Å². The van der Waals surface area contributed by atoms with Crippen LogP contribution in [0.1, 0.15) is 18.9 Å². The molecule has 0 aliphatic heterocycles. The fourth-order valence-corrected chi connectivity index (χ4v) is 1.21. The Labute approximate surface area is 95.3 Å². The van der Waals surface area contributed by atoms with Crippen LogP contribution in [0.25, 0.3) is 0 Å². The van der Waals surface area contributed by atoms with Gasteiger partial charge in [-0.3, -0.25) is 4.79 Å². The van der Waals surface area contributed by atoms with E-state index >= 15 is 0 Å². The molecule has 2 N–H and O–H groups in total. The molecule has 1 aromatic carbocycles. The summed E-state index contributed by atoms with van der Waals surface area (Å²) in [6.45, 7) is 3.19. The lowest BCUT2D eigenvalue weighted by molar-refractivity contribution is -0.115. The second-order valence-corrected chi connectivity index (χ2v) is 3.41. The maximum atomic E-state index is 11.4. The topological polar surface area (TPSA) is 64.9 Å². The van der Waals surface area contributed by atoms with E-state index in [4.69, 9.17) is 5.26 Å². The fourth-order valence-electron chi connectivity index (χ4n) is 1.21. The minimum Gasteiger partial charge on any atom is -0.325 e. The highest BCUT2D eigenvalue weighted by molar-refractivity contribution is 5.92. The lowest BCUT2D eigenvalue weighted by Gasteiger charge is -2.05. The number of benzene rings is 1. The number of rotatable bonds is 5. The van der Waals surface area contributed by atoms with Gasteiger partial charge < -0.3 is 10.6 Å². The molecule has 0 saturated heterocycles. The average Bonchev–Trinajstić information content (AvgIpc) is 2.30. The molecule has 1 aromatic rings. The molecular formula is C12H15N3O. The minimum atomic E-state index is -0.0712.